The summed E-state index contributed by atoms with van der Waals surface area (Å²) in [6.07, 6.45) is 0. The van der Waals surface area contributed by atoms with Crippen molar-refractivity contribution in [3.05, 3.63) is 32.6 Å². The molecule has 0 amide bonds. The number of nitrogens with zero attached hydrogens (tertiary/aromatic N) is 1. The van der Waals surface area contributed by atoms with Crippen LogP contribution in [0, 0.1) is 15.9 Å². The van der Waals surface area contributed by atoms with E-state index in [9.17, 15) is 24.4 Å². The van der Waals surface area contributed by atoms with Crippen LogP contribution in [0.15, 0.2) is 6.07 Å². The average molecular weight is 265 g/mol. The quantitative estimate of drug-likeness (QED) is 0.556. The molecule has 0 heterocycles. The number of nitrogens with two attached hydrogens (primary N) is 1. The van der Waals surface area contributed by atoms with Crippen LogP contribution in [0.1, 0.15) is 11.6 Å². The third-order valence-electron chi connectivity index (χ3n) is 1.98. The number of carbonyl (C=O) groups is 1. The molecular weight excluding hydrogens is 259 g/mol. The van der Waals surface area contributed by atoms with Crippen molar-refractivity contribution in [1.29, 1.82) is 0 Å². The predicted molar refractivity (Wildman–Crippen MR) is 54.3 cm³/mol. The lowest BCUT2D eigenvalue weighted by atomic mass is 10.1. The van der Waals surface area contributed by atoms with Crippen molar-refractivity contribution in [3.8, 4) is 5.75 Å². The standard InChI is InChI=1S/C8H6ClFN2O5/c9-3-1-2(5(11)8(14)15)7(13)6(4(3)10)12(16)17/h1,5,13H,11H2,(H,14,15)/t5-/m0/s1. The van der Waals surface area contributed by atoms with Crippen LogP contribution in [0.3, 0.4) is 0 Å². The fourth-order valence-electron chi connectivity index (χ4n) is 1.16. The Morgan fingerprint density at radius 1 is 1.65 bits per heavy atom. The van der Waals surface area contributed by atoms with Crippen LogP contribution in [0.5, 0.6) is 5.75 Å². The topological polar surface area (TPSA) is 127 Å². The molecule has 0 saturated carbocycles. The van der Waals surface area contributed by atoms with E-state index in [0.717, 1.165) is 6.07 Å². The highest BCUT2D eigenvalue weighted by Gasteiger charge is 2.30. The van der Waals surface area contributed by atoms with E-state index < -0.39 is 44.8 Å². The Morgan fingerprint density at radius 3 is 2.59 bits per heavy atom. The second-order valence-corrected chi connectivity index (χ2v) is 3.44. The van der Waals surface area contributed by atoms with Crippen molar-refractivity contribution >= 4 is 23.3 Å². The van der Waals surface area contributed by atoms with Crippen LogP contribution in [-0.2, 0) is 4.79 Å². The van der Waals surface area contributed by atoms with Gasteiger partial charge in [-0.2, -0.15) is 4.39 Å². The number of rotatable bonds is 3. The molecule has 0 aliphatic heterocycles. The number of hydrogen-bond donors (Lipinski definition) is 3. The van der Waals surface area contributed by atoms with E-state index in [-0.39, 0.29) is 0 Å². The molecule has 1 aromatic rings. The predicted octanol–water partition coefficient (Wildman–Crippen LogP) is 1.18. The van der Waals surface area contributed by atoms with Crippen molar-refractivity contribution in [1.82, 2.24) is 0 Å². The number of nitro benzene ring substituents is 1. The van der Waals surface area contributed by atoms with Crippen LogP contribution >= 0.6 is 11.6 Å². The molecule has 1 rings (SSSR count). The number of phenols is 1. The first kappa shape index (κ1) is 13.1. The van der Waals surface area contributed by atoms with Crippen molar-refractivity contribution in [3.63, 3.8) is 0 Å². The number of phenolic OH excluding ortho intramolecular Hbond substituents is 1. The van der Waals surface area contributed by atoms with E-state index in [0.29, 0.717) is 0 Å². The Morgan fingerprint density at radius 2 is 2.18 bits per heavy atom. The van der Waals surface area contributed by atoms with Gasteiger partial charge in [-0.25, -0.2) is 0 Å². The SMILES string of the molecule is N[C@H](C(=O)O)c1cc(Cl)c(F)c([N+](=O)[O-])c1O. The van der Waals surface area contributed by atoms with Gasteiger partial charge in [-0.3, -0.25) is 14.9 Å². The molecule has 0 aliphatic carbocycles. The van der Waals surface area contributed by atoms with E-state index in [1.165, 1.54) is 0 Å². The summed E-state index contributed by atoms with van der Waals surface area (Å²) in [4.78, 5) is 19.9. The molecule has 4 N–H and O–H groups in total. The average Bonchev–Trinajstić information content (AvgIpc) is 2.22. The molecule has 0 aliphatic rings. The number of nitro groups is 1. The highest BCUT2D eigenvalue weighted by Crippen LogP contribution is 2.39. The zero-order chi connectivity index (χ0) is 13.3. The molecule has 0 aromatic heterocycles. The summed E-state index contributed by atoms with van der Waals surface area (Å²) < 4.78 is 13.2. The summed E-state index contributed by atoms with van der Waals surface area (Å²) in [5, 5.41) is 27.8. The second kappa shape index (κ2) is 4.52. The summed E-state index contributed by atoms with van der Waals surface area (Å²) in [6.45, 7) is 0. The fraction of sp³-hybridized carbons (Fsp3) is 0.125. The summed E-state index contributed by atoms with van der Waals surface area (Å²) >= 11 is 5.34. The summed E-state index contributed by atoms with van der Waals surface area (Å²) in [5.41, 5.74) is 3.33. The first-order chi connectivity index (χ1) is 7.77. The fourth-order valence-corrected chi connectivity index (χ4v) is 1.37. The monoisotopic (exact) mass is 264 g/mol. The molecule has 1 atom stereocenters. The van der Waals surface area contributed by atoms with E-state index in [1.807, 2.05) is 0 Å². The third-order valence-corrected chi connectivity index (χ3v) is 2.26. The Bertz CT molecular complexity index is 507. The minimum atomic E-state index is -1.74. The Hall–Kier alpha value is -1.93. The highest BCUT2D eigenvalue weighted by molar-refractivity contribution is 6.31. The van der Waals surface area contributed by atoms with Crippen LogP contribution in [-0.4, -0.2) is 21.1 Å². The minimum absolute atomic E-state index is 0.532. The number of carboxylic acids is 1. The number of halogens is 2. The minimum Gasteiger partial charge on any atom is -0.502 e. The molecule has 0 saturated heterocycles. The van der Waals surface area contributed by atoms with Crippen LogP contribution < -0.4 is 5.73 Å². The van der Waals surface area contributed by atoms with Crippen molar-refractivity contribution in [2.24, 2.45) is 5.73 Å². The molecule has 0 spiro atoms. The molecule has 1 aromatic carbocycles. The molecule has 92 valence electrons. The maximum atomic E-state index is 13.2. The zero-order valence-corrected chi connectivity index (χ0v) is 8.81. The number of hydrogen-bond acceptors (Lipinski definition) is 5. The Balaban J connectivity index is 3.55. The lowest BCUT2D eigenvalue weighted by molar-refractivity contribution is -0.388. The molecular formula is C8H6ClFN2O5. The first-order valence-electron chi connectivity index (χ1n) is 4.11. The van der Waals surface area contributed by atoms with Gasteiger partial charge in [-0.15, -0.1) is 0 Å². The van der Waals surface area contributed by atoms with Gasteiger partial charge < -0.3 is 15.9 Å². The van der Waals surface area contributed by atoms with Crippen LogP contribution in [0.4, 0.5) is 10.1 Å². The third kappa shape index (κ3) is 2.27. The molecule has 0 unspecified atom stereocenters. The van der Waals surface area contributed by atoms with Gasteiger partial charge in [0.25, 0.3) is 0 Å². The number of aliphatic carboxylic acids is 1. The molecule has 0 bridgehead atoms. The summed E-state index contributed by atoms with van der Waals surface area (Å²) in [7, 11) is 0. The van der Waals surface area contributed by atoms with Gasteiger partial charge in [0, 0.05) is 5.56 Å². The van der Waals surface area contributed by atoms with Gasteiger partial charge in [0.1, 0.15) is 6.04 Å². The van der Waals surface area contributed by atoms with Gasteiger partial charge >= 0.3 is 11.7 Å². The van der Waals surface area contributed by atoms with Crippen molar-refractivity contribution < 1.29 is 24.3 Å². The van der Waals surface area contributed by atoms with E-state index >= 15 is 0 Å². The number of benzene rings is 1. The van der Waals surface area contributed by atoms with Gasteiger partial charge in [-0.05, 0) is 6.07 Å². The smallest absolute Gasteiger partial charge is 0.347 e. The summed E-state index contributed by atoms with van der Waals surface area (Å²) in [6, 6.07) is -1.01. The Kier molecular flexibility index (Phi) is 3.49. The number of aromatic hydroxyl groups is 1. The molecule has 9 heteroatoms. The van der Waals surface area contributed by atoms with Gasteiger partial charge in [0.2, 0.25) is 11.6 Å². The normalized spacial score (nSPS) is 12.2. The molecule has 7 nitrogen and oxygen atoms in total. The van der Waals surface area contributed by atoms with Crippen molar-refractivity contribution in [2.75, 3.05) is 0 Å². The second-order valence-electron chi connectivity index (χ2n) is 3.03. The lowest BCUT2D eigenvalue weighted by Gasteiger charge is -2.10. The highest BCUT2D eigenvalue weighted by atomic mass is 35.5. The van der Waals surface area contributed by atoms with Gasteiger partial charge in [-0.1, -0.05) is 11.6 Å². The molecule has 17 heavy (non-hydrogen) atoms. The molecule has 0 radical (unpaired) electrons. The van der Waals surface area contributed by atoms with Crippen molar-refractivity contribution in [2.45, 2.75) is 6.04 Å². The largest absolute Gasteiger partial charge is 0.502 e. The maximum Gasteiger partial charge on any atom is 0.347 e. The van der Waals surface area contributed by atoms with Crippen LogP contribution in [0.2, 0.25) is 5.02 Å². The van der Waals surface area contributed by atoms with E-state index in [4.69, 9.17) is 22.4 Å². The zero-order valence-electron chi connectivity index (χ0n) is 8.05. The van der Waals surface area contributed by atoms with Gasteiger partial charge in [0.15, 0.2) is 0 Å². The Labute approximate surface area is 98.4 Å². The van der Waals surface area contributed by atoms with Gasteiger partial charge in [0.05, 0.1) is 9.95 Å². The lowest BCUT2D eigenvalue weighted by Crippen LogP contribution is -2.21. The maximum absolute atomic E-state index is 13.2. The number of carboxylic acid groups (broad SMARTS) is 1. The summed E-state index contributed by atoms with van der Waals surface area (Å²) in [5.74, 6) is -4.14. The molecule has 0 fully saturated rings. The van der Waals surface area contributed by atoms with E-state index in [2.05, 4.69) is 0 Å². The van der Waals surface area contributed by atoms with E-state index in [1.54, 1.807) is 0 Å². The van der Waals surface area contributed by atoms with Crippen LogP contribution in [0.25, 0.3) is 0 Å². The first-order valence-corrected chi connectivity index (χ1v) is 4.48.